The highest BCUT2D eigenvalue weighted by molar-refractivity contribution is 5.98. The Labute approximate surface area is 243 Å². The van der Waals surface area contributed by atoms with Crippen molar-refractivity contribution in [1.82, 2.24) is 24.2 Å². The molecule has 1 aromatic heterocycles. The number of carbonyl (C=O) groups is 1. The van der Waals surface area contributed by atoms with Crippen molar-refractivity contribution >= 4 is 22.9 Å². The molecule has 1 amide bonds. The summed E-state index contributed by atoms with van der Waals surface area (Å²) in [5.74, 6) is 0.681. The molecule has 41 heavy (non-hydrogen) atoms. The van der Waals surface area contributed by atoms with Gasteiger partial charge in [0.25, 0.3) is 0 Å². The van der Waals surface area contributed by atoms with Gasteiger partial charge in [0.05, 0.1) is 7.11 Å². The third kappa shape index (κ3) is 7.36. The SMILES string of the molecule is COc1ccc2c(c1)c(C=CC(=O)N1CCN(CCc3ccc(F)cc3)CC1)c(C)n2CCCN1CCN(C)CC1. The number of likely N-dealkylation sites (N-methyl/N-ethyl adjacent to an activating group) is 1. The van der Waals surface area contributed by atoms with Gasteiger partial charge in [0, 0.05) is 93.7 Å². The Bertz CT molecular complexity index is 1340. The molecule has 0 spiro atoms. The largest absolute Gasteiger partial charge is 0.497 e. The molecule has 2 aliphatic heterocycles. The number of benzene rings is 2. The van der Waals surface area contributed by atoms with Gasteiger partial charge in [-0.2, -0.15) is 0 Å². The molecule has 5 rings (SSSR count). The molecule has 2 aliphatic rings. The van der Waals surface area contributed by atoms with E-state index in [9.17, 15) is 9.18 Å². The normalized spacial score (nSPS) is 17.6. The zero-order valence-electron chi connectivity index (χ0n) is 24.8. The highest BCUT2D eigenvalue weighted by Crippen LogP contribution is 2.31. The van der Waals surface area contributed by atoms with Gasteiger partial charge in [-0.3, -0.25) is 9.69 Å². The first-order valence-electron chi connectivity index (χ1n) is 14.9. The van der Waals surface area contributed by atoms with E-state index in [-0.39, 0.29) is 11.7 Å². The van der Waals surface area contributed by atoms with Crippen LogP contribution < -0.4 is 4.74 Å². The molecule has 220 valence electrons. The Hall–Kier alpha value is -3.20. The zero-order chi connectivity index (χ0) is 28.8. The quantitative estimate of drug-likeness (QED) is 0.349. The number of piperazine rings is 2. The summed E-state index contributed by atoms with van der Waals surface area (Å²) in [4.78, 5) is 22.5. The number of fused-ring (bicyclic) bond motifs is 1. The summed E-state index contributed by atoms with van der Waals surface area (Å²) in [7, 11) is 3.89. The minimum Gasteiger partial charge on any atom is -0.497 e. The summed E-state index contributed by atoms with van der Waals surface area (Å²) in [5.41, 5.74) is 4.59. The highest BCUT2D eigenvalue weighted by Gasteiger charge is 2.20. The van der Waals surface area contributed by atoms with Crippen molar-refractivity contribution in [2.24, 2.45) is 0 Å². The molecule has 0 radical (unpaired) electrons. The monoisotopic (exact) mass is 561 g/mol. The van der Waals surface area contributed by atoms with Gasteiger partial charge in [0.1, 0.15) is 11.6 Å². The zero-order valence-corrected chi connectivity index (χ0v) is 24.8. The fourth-order valence-corrected chi connectivity index (χ4v) is 6.03. The molecule has 8 heteroatoms. The first-order valence-corrected chi connectivity index (χ1v) is 14.9. The Balaban J connectivity index is 1.20. The molecule has 3 aromatic rings. The minimum absolute atomic E-state index is 0.0569. The maximum atomic E-state index is 13.2. The number of hydrogen-bond donors (Lipinski definition) is 0. The average molecular weight is 562 g/mol. The van der Waals surface area contributed by atoms with Crippen LogP contribution in [0, 0.1) is 12.7 Å². The van der Waals surface area contributed by atoms with Gasteiger partial charge in [-0.05, 0) is 75.3 Å². The van der Waals surface area contributed by atoms with Crippen LogP contribution in [-0.4, -0.2) is 110 Å². The van der Waals surface area contributed by atoms with Gasteiger partial charge in [-0.25, -0.2) is 4.39 Å². The summed E-state index contributed by atoms with van der Waals surface area (Å²) in [6.45, 7) is 12.8. The van der Waals surface area contributed by atoms with Crippen molar-refractivity contribution in [2.45, 2.75) is 26.3 Å². The smallest absolute Gasteiger partial charge is 0.246 e. The lowest BCUT2D eigenvalue weighted by Gasteiger charge is -2.34. The first kappa shape index (κ1) is 29.3. The van der Waals surface area contributed by atoms with E-state index in [1.807, 2.05) is 29.2 Å². The summed E-state index contributed by atoms with van der Waals surface area (Å²) in [6, 6.07) is 13.0. The Morgan fingerprint density at radius 3 is 2.29 bits per heavy atom. The van der Waals surface area contributed by atoms with E-state index >= 15 is 0 Å². The molecule has 0 saturated carbocycles. The van der Waals surface area contributed by atoms with Crippen molar-refractivity contribution in [3.05, 3.63) is 71.2 Å². The van der Waals surface area contributed by atoms with Gasteiger partial charge in [-0.1, -0.05) is 12.1 Å². The number of hydrogen-bond acceptors (Lipinski definition) is 5. The van der Waals surface area contributed by atoms with E-state index in [0.29, 0.717) is 13.1 Å². The first-order chi connectivity index (χ1) is 19.9. The summed E-state index contributed by atoms with van der Waals surface area (Å²) < 4.78 is 21.1. The van der Waals surface area contributed by atoms with Crippen LogP contribution in [0.2, 0.25) is 0 Å². The third-order valence-corrected chi connectivity index (χ3v) is 8.74. The summed E-state index contributed by atoms with van der Waals surface area (Å²) >= 11 is 0. The summed E-state index contributed by atoms with van der Waals surface area (Å²) in [5, 5.41) is 1.12. The predicted octanol–water partition coefficient (Wildman–Crippen LogP) is 4.14. The molecule has 0 atom stereocenters. The van der Waals surface area contributed by atoms with Crippen molar-refractivity contribution in [1.29, 1.82) is 0 Å². The molecule has 0 bridgehead atoms. The van der Waals surface area contributed by atoms with Gasteiger partial charge >= 0.3 is 0 Å². The Morgan fingerprint density at radius 2 is 1.59 bits per heavy atom. The van der Waals surface area contributed by atoms with E-state index in [1.165, 1.54) is 23.3 Å². The number of aryl methyl sites for hydroxylation is 1. The Morgan fingerprint density at radius 1 is 0.902 bits per heavy atom. The average Bonchev–Trinajstić information content (AvgIpc) is 3.26. The van der Waals surface area contributed by atoms with E-state index in [4.69, 9.17) is 4.74 Å². The standard InChI is InChI=1S/C33H44FN5O2/c1-26-30(10-12-33(40)38-23-21-37(22-24-38)16-13-27-5-7-28(34)8-6-27)31-25-29(41-3)9-11-32(31)39(26)15-4-14-36-19-17-35(2)18-20-36/h5-12,25H,4,13-24H2,1-3H3. The fourth-order valence-electron chi connectivity index (χ4n) is 6.03. The van der Waals surface area contributed by atoms with E-state index in [0.717, 1.165) is 94.0 Å². The second-order valence-corrected chi connectivity index (χ2v) is 11.4. The van der Waals surface area contributed by atoms with Crippen LogP contribution in [0.15, 0.2) is 48.5 Å². The number of rotatable bonds is 10. The molecule has 2 aromatic carbocycles. The lowest BCUT2D eigenvalue weighted by molar-refractivity contribution is -0.127. The van der Waals surface area contributed by atoms with E-state index < -0.39 is 0 Å². The molecule has 2 saturated heterocycles. The maximum Gasteiger partial charge on any atom is 0.246 e. The van der Waals surface area contributed by atoms with E-state index in [1.54, 1.807) is 13.2 Å². The number of halogens is 1. The van der Waals surface area contributed by atoms with Gasteiger partial charge in [0.15, 0.2) is 0 Å². The number of carbonyl (C=O) groups excluding carboxylic acids is 1. The van der Waals surface area contributed by atoms with Crippen molar-refractivity contribution in [2.75, 3.05) is 79.6 Å². The van der Waals surface area contributed by atoms with Crippen LogP contribution in [0.1, 0.15) is 23.2 Å². The number of ether oxygens (including phenoxy) is 1. The molecule has 2 fully saturated rings. The molecular formula is C33H44FN5O2. The molecule has 0 aliphatic carbocycles. The molecule has 0 unspecified atom stereocenters. The number of nitrogens with zero attached hydrogens (tertiary/aromatic N) is 5. The second-order valence-electron chi connectivity index (χ2n) is 11.4. The van der Waals surface area contributed by atoms with Crippen LogP contribution in [0.5, 0.6) is 5.75 Å². The number of aromatic nitrogens is 1. The van der Waals surface area contributed by atoms with Gasteiger partial charge in [-0.15, -0.1) is 0 Å². The van der Waals surface area contributed by atoms with Crippen molar-refractivity contribution in [3.63, 3.8) is 0 Å². The topological polar surface area (TPSA) is 44.2 Å². The molecular weight excluding hydrogens is 517 g/mol. The van der Waals surface area contributed by atoms with Crippen molar-refractivity contribution in [3.8, 4) is 5.75 Å². The van der Waals surface area contributed by atoms with Crippen LogP contribution in [0.4, 0.5) is 4.39 Å². The molecule has 3 heterocycles. The van der Waals surface area contributed by atoms with Gasteiger partial charge < -0.3 is 24.0 Å². The molecule has 7 nitrogen and oxygen atoms in total. The molecule has 0 N–H and O–H groups in total. The predicted molar refractivity (Wildman–Crippen MR) is 164 cm³/mol. The van der Waals surface area contributed by atoms with Gasteiger partial charge in [0.2, 0.25) is 5.91 Å². The number of amides is 1. The fraction of sp³-hybridized carbons (Fsp3) is 0.485. The Kier molecular flexibility index (Phi) is 9.75. The third-order valence-electron chi connectivity index (χ3n) is 8.74. The van der Waals surface area contributed by atoms with Crippen molar-refractivity contribution < 1.29 is 13.9 Å². The van der Waals surface area contributed by atoms with Crippen LogP contribution in [0.25, 0.3) is 17.0 Å². The minimum atomic E-state index is -0.200. The van der Waals surface area contributed by atoms with Crippen LogP contribution >= 0.6 is 0 Å². The highest BCUT2D eigenvalue weighted by atomic mass is 19.1. The lowest BCUT2D eigenvalue weighted by Crippen LogP contribution is -2.48. The lowest BCUT2D eigenvalue weighted by atomic mass is 10.1. The summed E-state index contributed by atoms with van der Waals surface area (Å²) in [6.07, 6.45) is 5.71. The van der Waals surface area contributed by atoms with Crippen LogP contribution in [-0.2, 0) is 17.8 Å². The number of methoxy groups -OCH3 is 1. The second kappa shape index (κ2) is 13.6. The van der Waals surface area contributed by atoms with E-state index in [2.05, 4.69) is 45.4 Å². The van der Waals surface area contributed by atoms with Crippen LogP contribution in [0.3, 0.4) is 0 Å². The maximum absolute atomic E-state index is 13.2.